The number of amides is 1. The molecule has 7 heteroatoms. The van der Waals surface area contributed by atoms with Crippen molar-refractivity contribution in [2.45, 2.75) is 33.1 Å². The van der Waals surface area contributed by atoms with Crippen molar-refractivity contribution in [3.8, 4) is 0 Å². The van der Waals surface area contributed by atoms with Crippen LogP contribution in [0.3, 0.4) is 0 Å². The molecule has 2 heterocycles. The first-order valence-corrected chi connectivity index (χ1v) is 9.37. The fourth-order valence-corrected chi connectivity index (χ4v) is 4.60. The van der Waals surface area contributed by atoms with Gasteiger partial charge in [-0.2, -0.15) is 5.10 Å². The van der Waals surface area contributed by atoms with E-state index in [9.17, 15) is 9.59 Å². The van der Waals surface area contributed by atoms with Crippen LogP contribution in [0.5, 0.6) is 0 Å². The van der Waals surface area contributed by atoms with Crippen LogP contribution in [0.4, 0.5) is 0 Å². The summed E-state index contributed by atoms with van der Waals surface area (Å²) in [7, 11) is 0. The Morgan fingerprint density at radius 3 is 2.71 bits per heavy atom. The van der Waals surface area contributed by atoms with Crippen LogP contribution in [0, 0.1) is 5.92 Å². The van der Waals surface area contributed by atoms with Gasteiger partial charge in [0, 0.05) is 4.88 Å². The van der Waals surface area contributed by atoms with Gasteiger partial charge in [0.15, 0.2) is 0 Å². The second-order valence-electron chi connectivity index (χ2n) is 6.01. The van der Waals surface area contributed by atoms with E-state index in [1.165, 1.54) is 22.9 Å². The number of carboxylic acids is 1. The van der Waals surface area contributed by atoms with E-state index in [0.717, 1.165) is 29.1 Å². The van der Waals surface area contributed by atoms with Gasteiger partial charge in [0.05, 0.1) is 15.5 Å². The summed E-state index contributed by atoms with van der Waals surface area (Å²) in [6.45, 7) is 3.99. The van der Waals surface area contributed by atoms with Crippen LogP contribution < -0.4 is 5.43 Å². The topological polar surface area (TPSA) is 78.8 Å². The monoisotopic (exact) mass is 362 g/mol. The molecule has 1 amide bonds. The first-order chi connectivity index (χ1) is 11.4. The van der Waals surface area contributed by atoms with Crippen molar-refractivity contribution in [1.29, 1.82) is 0 Å². The van der Waals surface area contributed by atoms with Crippen LogP contribution in [0.1, 0.15) is 54.9 Å². The van der Waals surface area contributed by atoms with E-state index in [1.807, 2.05) is 6.07 Å². The van der Waals surface area contributed by atoms with Crippen LogP contribution >= 0.6 is 22.7 Å². The Morgan fingerprint density at radius 1 is 1.25 bits per heavy atom. The maximum atomic E-state index is 12.3. The molecular weight excluding hydrogens is 344 g/mol. The third-order valence-corrected chi connectivity index (χ3v) is 6.47. The molecule has 0 aliphatic heterocycles. The van der Waals surface area contributed by atoms with E-state index in [2.05, 4.69) is 17.5 Å². The lowest BCUT2D eigenvalue weighted by molar-refractivity contribution is 0.0702. The minimum Gasteiger partial charge on any atom is -0.477 e. The summed E-state index contributed by atoms with van der Waals surface area (Å²) in [4.78, 5) is 26.2. The Balaban J connectivity index is 1.69. The van der Waals surface area contributed by atoms with Crippen molar-refractivity contribution in [3.63, 3.8) is 0 Å². The molecule has 0 aromatic carbocycles. The smallest absolute Gasteiger partial charge is 0.345 e. The SMILES string of the molecule is C/C(=N/NC(=O)c1cc2c(s1)CC[C@H](C)C2)c1ccc(C(=O)O)s1. The van der Waals surface area contributed by atoms with Gasteiger partial charge in [-0.1, -0.05) is 6.92 Å². The van der Waals surface area contributed by atoms with Gasteiger partial charge in [0.2, 0.25) is 0 Å². The molecule has 2 aromatic heterocycles. The molecule has 126 valence electrons. The Morgan fingerprint density at radius 2 is 2.00 bits per heavy atom. The van der Waals surface area contributed by atoms with Crippen molar-refractivity contribution >= 4 is 40.3 Å². The molecule has 24 heavy (non-hydrogen) atoms. The third kappa shape index (κ3) is 3.57. The van der Waals surface area contributed by atoms with E-state index in [1.54, 1.807) is 24.3 Å². The zero-order valence-electron chi connectivity index (χ0n) is 13.5. The van der Waals surface area contributed by atoms with Crippen molar-refractivity contribution in [2.75, 3.05) is 0 Å². The highest BCUT2D eigenvalue weighted by Gasteiger charge is 2.20. The molecule has 1 aliphatic rings. The van der Waals surface area contributed by atoms with Crippen molar-refractivity contribution in [3.05, 3.63) is 43.3 Å². The normalized spacial score (nSPS) is 17.4. The number of carbonyl (C=O) groups is 2. The van der Waals surface area contributed by atoms with Gasteiger partial charge < -0.3 is 5.11 Å². The standard InChI is InChI=1S/C17H18N2O3S2/c1-9-3-4-13-11(7-9)8-15(24-13)16(20)19-18-10(2)12-5-6-14(23-12)17(21)22/h5-6,8-9H,3-4,7H2,1-2H3,(H,19,20)(H,21,22)/b18-10-/t9-/m0/s1. The first-order valence-electron chi connectivity index (χ1n) is 7.73. The van der Waals surface area contributed by atoms with E-state index >= 15 is 0 Å². The van der Waals surface area contributed by atoms with Gasteiger partial charge in [-0.3, -0.25) is 4.79 Å². The van der Waals surface area contributed by atoms with Gasteiger partial charge in [0.1, 0.15) is 4.88 Å². The Hall–Kier alpha value is -1.99. The molecule has 2 N–H and O–H groups in total. The maximum absolute atomic E-state index is 12.3. The molecular formula is C17H18N2O3S2. The van der Waals surface area contributed by atoms with Crippen molar-refractivity contribution in [2.24, 2.45) is 11.0 Å². The fraction of sp³-hybridized carbons (Fsp3) is 0.353. The highest BCUT2D eigenvalue weighted by molar-refractivity contribution is 7.16. The molecule has 1 atom stereocenters. The lowest BCUT2D eigenvalue weighted by Crippen LogP contribution is -2.18. The molecule has 0 saturated heterocycles. The number of fused-ring (bicyclic) bond motifs is 1. The minimum atomic E-state index is -0.957. The number of aromatic carboxylic acids is 1. The molecule has 0 spiro atoms. The first kappa shape index (κ1) is 16.9. The van der Waals surface area contributed by atoms with Gasteiger partial charge in [0.25, 0.3) is 5.91 Å². The van der Waals surface area contributed by atoms with Crippen LogP contribution in [-0.4, -0.2) is 22.7 Å². The van der Waals surface area contributed by atoms with Gasteiger partial charge in [-0.15, -0.1) is 22.7 Å². The largest absolute Gasteiger partial charge is 0.477 e. The van der Waals surface area contributed by atoms with E-state index < -0.39 is 5.97 Å². The quantitative estimate of drug-likeness (QED) is 0.641. The van der Waals surface area contributed by atoms with Crippen LogP contribution in [0.25, 0.3) is 0 Å². The summed E-state index contributed by atoms with van der Waals surface area (Å²) >= 11 is 2.68. The maximum Gasteiger partial charge on any atom is 0.345 e. The van der Waals surface area contributed by atoms with Gasteiger partial charge in [-0.05, 0) is 55.9 Å². The molecule has 0 bridgehead atoms. The number of hydrogen-bond acceptors (Lipinski definition) is 5. The fourth-order valence-electron chi connectivity index (χ4n) is 2.71. The number of carbonyl (C=O) groups excluding carboxylic acids is 1. The number of carboxylic acid groups (broad SMARTS) is 1. The number of hydrazone groups is 1. The van der Waals surface area contributed by atoms with Gasteiger partial charge >= 0.3 is 5.97 Å². The Bertz CT molecular complexity index is 820. The highest BCUT2D eigenvalue weighted by Crippen LogP contribution is 2.32. The summed E-state index contributed by atoms with van der Waals surface area (Å²) in [6, 6.07) is 5.21. The summed E-state index contributed by atoms with van der Waals surface area (Å²) < 4.78 is 0. The number of thiophene rings is 2. The van der Waals surface area contributed by atoms with Crippen LogP contribution in [0.2, 0.25) is 0 Å². The van der Waals surface area contributed by atoms with Gasteiger partial charge in [-0.25, -0.2) is 10.2 Å². The summed E-state index contributed by atoms with van der Waals surface area (Å²) in [5.74, 6) is -0.497. The molecule has 0 saturated carbocycles. The average Bonchev–Trinajstić information content (AvgIpc) is 3.18. The summed E-state index contributed by atoms with van der Waals surface area (Å²) in [6.07, 6.45) is 3.26. The predicted octanol–water partition coefficient (Wildman–Crippen LogP) is 3.79. The Labute approximate surface area is 148 Å². The lowest BCUT2D eigenvalue weighted by Gasteiger charge is -2.16. The van der Waals surface area contributed by atoms with Crippen molar-refractivity contribution < 1.29 is 14.7 Å². The molecule has 0 unspecified atom stereocenters. The molecule has 2 aromatic rings. The van der Waals surface area contributed by atoms with E-state index in [4.69, 9.17) is 5.11 Å². The summed E-state index contributed by atoms with van der Waals surface area (Å²) in [5, 5.41) is 13.1. The van der Waals surface area contributed by atoms with Crippen LogP contribution in [0.15, 0.2) is 23.3 Å². The molecule has 3 rings (SSSR count). The number of nitrogens with zero attached hydrogens (tertiary/aromatic N) is 1. The number of aryl methyl sites for hydroxylation is 1. The third-order valence-electron chi connectivity index (χ3n) is 4.05. The number of hydrogen-bond donors (Lipinski definition) is 2. The van der Waals surface area contributed by atoms with E-state index in [0.29, 0.717) is 16.5 Å². The minimum absolute atomic E-state index is 0.212. The van der Waals surface area contributed by atoms with Crippen molar-refractivity contribution in [1.82, 2.24) is 5.43 Å². The van der Waals surface area contributed by atoms with E-state index in [-0.39, 0.29) is 10.8 Å². The zero-order chi connectivity index (χ0) is 17.3. The molecule has 0 radical (unpaired) electrons. The highest BCUT2D eigenvalue weighted by atomic mass is 32.1. The predicted molar refractivity (Wildman–Crippen MR) is 96.5 cm³/mol. The average molecular weight is 362 g/mol. The lowest BCUT2D eigenvalue weighted by atomic mass is 9.90. The second-order valence-corrected chi connectivity index (χ2v) is 8.23. The van der Waals surface area contributed by atoms with Crippen LogP contribution in [-0.2, 0) is 12.8 Å². The Kier molecular flexibility index (Phi) is 4.82. The number of nitrogens with one attached hydrogen (secondary N) is 1. The molecule has 5 nitrogen and oxygen atoms in total. The number of rotatable bonds is 4. The second kappa shape index (κ2) is 6.86. The molecule has 1 aliphatic carbocycles. The molecule has 0 fully saturated rings. The zero-order valence-corrected chi connectivity index (χ0v) is 15.1. The summed E-state index contributed by atoms with van der Waals surface area (Å²) in [5.41, 5.74) is 4.45.